The Morgan fingerprint density at radius 1 is 1.33 bits per heavy atom. The third-order valence-electron chi connectivity index (χ3n) is 2.48. The van der Waals surface area contributed by atoms with Gasteiger partial charge in [-0.05, 0) is 12.0 Å². The summed E-state index contributed by atoms with van der Waals surface area (Å²) in [7, 11) is 0. The van der Waals surface area contributed by atoms with Gasteiger partial charge in [0.25, 0.3) is 0 Å². The Morgan fingerprint density at radius 3 is 2.72 bits per heavy atom. The normalized spacial score (nSPS) is 12.9. The molecule has 3 nitrogen and oxygen atoms in total. The highest BCUT2D eigenvalue weighted by atomic mass is 19.1. The van der Waals surface area contributed by atoms with Crippen molar-refractivity contribution in [3.8, 4) is 0 Å². The third kappa shape index (κ3) is 5.58. The van der Waals surface area contributed by atoms with E-state index < -0.39 is 6.10 Å². The first kappa shape index (κ1) is 15.1. The summed E-state index contributed by atoms with van der Waals surface area (Å²) in [6.07, 6.45) is -0.823. The molecule has 0 heterocycles. The molecule has 0 amide bonds. The van der Waals surface area contributed by atoms with E-state index in [1.807, 2.05) is 0 Å². The molecule has 2 N–H and O–H groups in total. The molecule has 0 saturated carbocycles. The van der Waals surface area contributed by atoms with Crippen molar-refractivity contribution in [2.45, 2.75) is 20.0 Å². The lowest BCUT2D eigenvalue weighted by Crippen LogP contribution is -2.26. The summed E-state index contributed by atoms with van der Waals surface area (Å²) in [4.78, 5) is 0. The number of rotatable bonds is 8. The zero-order chi connectivity index (χ0) is 13.4. The van der Waals surface area contributed by atoms with Gasteiger partial charge < -0.3 is 15.2 Å². The molecule has 0 aliphatic heterocycles. The fourth-order valence-electron chi connectivity index (χ4n) is 1.56. The molecule has 102 valence electrons. The number of aliphatic hydroxyl groups excluding tert-OH is 1. The van der Waals surface area contributed by atoms with E-state index in [1.54, 1.807) is 18.2 Å². The Labute approximate surface area is 108 Å². The van der Waals surface area contributed by atoms with Gasteiger partial charge in [0, 0.05) is 25.3 Å². The average molecular weight is 255 g/mol. The average Bonchev–Trinajstić information content (AvgIpc) is 2.33. The second-order valence-electron chi connectivity index (χ2n) is 4.71. The Kier molecular flexibility index (Phi) is 6.86. The molecule has 0 bridgehead atoms. The van der Waals surface area contributed by atoms with E-state index in [-0.39, 0.29) is 5.82 Å². The summed E-state index contributed by atoms with van der Waals surface area (Å²) in [6.45, 7) is 6.49. The van der Waals surface area contributed by atoms with Crippen LogP contribution in [0.5, 0.6) is 0 Å². The zero-order valence-electron chi connectivity index (χ0n) is 11.0. The van der Waals surface area contributed by atoms with Gasteiger partial charge in [-0.2, -0.15) is 0 Å². The van der Waals surface area contributed by atoms with E-state index >= 15 is 0 Å². The summed E-state index contributed by atoms with van der Waals surface area (Å²) in [5.41, 5.74) is 0.327. The largest absolute Gasteiger partial charge is 0.387 e. The summed E-state index contributed by atoms with van der Waals surface area (Å²) in [5.74, 6) is 0.150. The van der Waals surface area contributed by atoms with Crippen molar-refractivity contribution < 1.29 is 14.2 Å². The van der Waals surface area contributed by atoms with Crippen LogP contribution in [-0.2, 0) is 4.74 Å². The van der Waals surface area contributed by atoms with Gasteiger partial charge in [0.15, 0.2) is 0 Å². The minimum Gasteiger partial charge on any atom is -0.387 e. The molecule has 0 saturated heterocycles. The summed E-state index contributed by atoms with van der Waals surface area (Å²) in [5, 5.41) is 12.8. The van der Waals surface area contributed by atoms with Gasteiger partial charge in [-0.25, -0.2) is 4.39 Å². The van der Waals surface area contributed by atoms with Crippen LogP contribution in [0.15, 0.2) is 24.3 Å². The summed E-state index contributed by atoms with van der Waals surface area (Å²) < 4.78 is 18.7. The predicted molar refractivity (Wildman–Crippen MR) is 69.9 cm³/mol. The highest BCUT2D eigenvalue weighted by Gasteiger charge is 2.10. The fraction of sp³-hybridized carbons (Fsp3) is 0.571. The number of halogens is 1. The van der Waals surface area contributed by atoms with Crippen LogP contribution in [-0.4, -0.2) is 31.4 Å². The maximum Gasteiger partial charge on any atom is 0.129 e. The van der Waals surface area contributed by atoms with E-state index in [0.29, 0.717) is 31.2 Å². The van der Waals surface area contributed by atoms with Crippen molar-refractivity contribution in [3.05, 3.63) is 35.6 Å². The van der Waals surface area contributed by atoms with Gasteiger partial charge in [0.05, 0.1) is 12.7 Å². The molecule has 0 aliphatic rings. The number of ether oxygens (including phenoxy) is 1. The molecule has 1 rings (SSSR count). The Hall–Kier alpha value is -0.970. The van der Waals surface area contributed by atoms with Crippen LogP contribution in [0.25, 0.3) is 0 Å². The minimum absolute atomic E-state index is 0.325. The molecule has 18 heavy (non-hydrogen) atoms. The van der Waals surface area contributed by atoms with Crippen LogP contribution in [0.1, 0.15) is 25.5 Å². The topological polar surface area (TPSA) is 41.5 Å². The van der Waals surface area contributed by atoms with Crippen LogP contribution < -0.4 is 5.32 Å². The number of hydrogen-bond acceptors (Lipinski definition) is 3. The molecule has 0 aliphatic carbocycles. The van der Waals surface area contributed by atoms with Crippen molar-refractivity contribution in [1.82, 2.24) is 5.32 Å². The minimum atomic E-state index is -0.823. The van der Waals surface area contributed by atoms with Crippen LogP contribution in [0.4, 0.5) is 4.39 Å². The quantitative estimate of drug-likeness (QED) is 0.699. The lowest BCUT2D eigenvalue weighted by atomic mass is 10.1. The summed E-state index contributed by atoms with van der Waals surface area (Å²) in [6, 6.07) is 6.27. The van der Waals surface area contributed by atoms with Gasteiger partial charge in [-0.1, -0.05) is 32.0 Å². The monoisotopic (exact) mass is 255 g/mol. The SMILES string of the molecule is CC(C)COCCNCC(O)c1ccccc1F. The molecule has 1 atom stereocenters. The van der Waals surface area contributed by atoms with Crippen molar-refractivity contribution >= 4 is 0 Å². The Balaban J connectivity index is 2.18. The predicted octanol–water partition coefficient (Wildman–Crippen LogP) is 2.12. The van der Waals surface area contributed by atoms with E-state index in [1.165, 1.54) is 6.07 Å². The first-order valence-corrected chi connectivity index (χ1v) is 6.32. The molecule has 4 heteroatoms. The van der Waals surface area contributed by atoms with Gasteiger partial charge in [0.2, 0.25) is 0 Å². The Bertz CT molecular complexity index is 344. The maximum atomic E-state index is 13.3. The standard InChI is InChI=1S/C14H22FNO2/c1-11(2)10-18-8-7-16-9-14(17)12-5-3-4-6-13(12)15/h3-6,11,14,16-17H,7-10H2,1-2H3. The number of aliphatic hydroxyl groups is 1. The van der Waals surface area contributed by atoms with Gasteiger partial charge in [-0.3, -0.25) is 0 Å². The van der Waals surface area contributed by atoms with Crippen molar-refractivity contribution in [2.24, 2.45) is 5.92 Å². The van der Waals surface area contributed by atoms with Crippen molar-refractivity contribution in [2.75, 3.05) is 26.3 Å². The Morgan fingerprint density at radius 2 is 2.06 bits per heavy atom. The zero-order valence-corrected chi connectivity index (χ0v) is 11.0. The first-order valence-electron chi connectivity index (χ1n) is 6.32. The second-order valence-corrected chi connectivity index (χ2v) is 4.71. The molecule has 0 aromatic heterocycles. The highest BCUT2D eigenvalue weighted by Crippen LogP contribution is 2.15. The van der Waals surface area contributed by atoms with E-state index in [9.17, 15) is 9.50 Å². The smallest absolute Gasteiger partial charge is 0.129 e. The van der Waals surface area contributed by atoms with Gasteiger partial charge in [0.1, 0.15) is 5.82 Å². The van der Waals surface area contributed by atoms with Gasteiger partial charge >= 0.3 is 0 Å². The highest BCUT2D eigenvalue weighted by molar-refractivity contribution is 5.19. The molecule has 0 spiro atoms. The number of benzene rings is 1. The molecule has 1 aromatic carbocycles. The second kappa shape index (κ2) is 8.19. The molecular weight excluding hydrogens is 233 g/mol. The third-order valence-corrected chi connectivity index (χ3v) is 2.48. The van der Waals surface area contributed by atoms with Gasteiger partial charge in [-0.15, -0.1) is 0 Å². The molecular formula is C14H22FNO2. The van der Waals surface area contributed by atoms with E-state index in [2.05, 4.69) is 19.2 Å². The number of nitrogens with one attached hydrogen (secondary N) is 1. The molecule has 1 unspecified atom stereocenters. The van der Waals surface area contributed by atoms with Crippen molar-refractivity contribution in [3.63, 3.8) is 0 Å². The molecule has 0 fully saturated rings. The van der Waals surface area contributed by atoms with Crippen LogP contribution in [0.2, 0.25) is 0 Å². The van der Waals surface area contributed by atoms with E-state index in [0.717, 1.165) is 6.61 Å². The number of hydrogen-bond donors (Lipinski definition) is 2. The molecule has 0 radical (unpaired) electrons. The van der Waals surface area contributed by atoms with Crippen molar-refractivity contribution in [1.29, 1.82) is 0 Å². The summed E-state index contributed by atoms with van der Waals surface area (Å²) >= 11 is 0. The lowest BCUT2D eigenvalue weighted by Gasteiger charge is -2.13. The van der Waals surface area contributed by atoms with E-state index in [4.69, 9.17) is 4.74 Å². The van der Waals surface area contributed by atoms with Crippen LogP contribution >= 0.6 is 0 Å². The van der Waals surface area contributed by atoms with Crippen LogP contribution in [0, 0.1) is 11.7 Å². The lowest BCUT2D eigenvalue weighted by molar-refractivity contribution is 0.107. The fourth-order valence-corrected chi connectivity index (χ4v) is 1.56. The first-order chi connectivity index (χ1) is 8.61. The maximum absolute atomic E-state index is 13.3. The van der Waals surface area contributed by atoms with Crippen LogP contribution in [0.3, 0.4) is 0 Å². The molecule has 1 aromatic rings.